The molecule has 1 N–H and O–H groups in total. The number of esters is 3. The van der Waals surface area contributed by atoms with Crippen molar-refractivity contribution in [2.75, 3.05) is 6.61 Å². The second kappa shape index (κ2) is 12.8. The summed E-state index contributed by atoms with van der Waals surface area (Å²) in [6.45, 7) is 6.60. The molecule has 1 saturated heterocycles. The Morgan fingerprint density at radius 1 is 1.02 bits per heavy atom. The van der Waals surface area contributed by atoms with Gasteiger partial charge in [-0.05, 0) is 43.6 Å². The van der Waals surface area contributed by atoms with E-state index in [0.29, 0.717) is 16.3 Å². The molecular formula is C27H34N4O9S. The van der Waals surface area contributed by atoms with Gasteiger partial charge in [-0.25, -0.2) is 4.68 Å². The van der Waals surface area contributed by atoms with Crippen molar-refractivity contribution in [3.63, 3.8) is 0 Å². The van der Waals surface area contributed by atoms with Gasteiger partial charge < -0.3 is 29.0 Å². The molecule has 1 amide bonds. The number of benzene rings is 1. The normalized spacial score (nSPS) is 23.8. The van der Waals surface area contributed by atoms with Crippen LogP contribution in [0.1, 0.15) is 64.2 Å². The first-order valence-electron chi connectivity index (χ1n) is 13.2. The van der Waals surface area contributed by atoms with Crippen LogP contribution in [0.5, 0.6) is 5.75 Å². The Hall–Kier alpha value is -3.78. The molecule has 0 unspecified atom stereocenters. The van der Waals surface area contributed by atoms with E-state index in [1.807, 2.05) is 35.8 Å². The van der Waals surface area contributed by atoms with Crippen LogP contribution in [0.4, 0.5) is 0 Å². The summed E-state index contributed by atoms with van der Waals surface area (Å²) in [5, 5.41) is 7.50. The fourth-order valence-electron chi connectivity index (χ4n) is 4.78. The zero-order chi connectivity index (χ0) is 29.8. The summed E-state index contributed by atoms with van der Waals surface area (Å²) in [4.78, 5) is 48.2. The Kier molecular flexibility index (Phi) is 9.43. The number of para-hydroxylation sites is 1. The molecule has 13 nitrogen and oxygen atoms in total. The minimum atomic E-state index is -1.22. The summed E-state index contributed by atoms with van der Waals surface area (Å²) in [6, 6.07) is 6.63. The zero-order valence-electron chi connectivity index (χ0n) is 23.5. The van der Waals surface area contributed by atoms with Gasteiger partial charge in [0.25, 0.3) is 0 Å². The monoisotopic (exact) mass is 590 g/mol. The van der Waals surface area contributed by atoms with Gasteiger partial charge in [-0.15, -0.1) is 0 Å². The summed E-state index contributed by atoms with van der Waals surface area (Å²) in [5.74, 6) is -1.20. The van der Waals surface area contributed by atoms with Crippen molar-refractivity contribution in [1.82, 2.24) is 19.7 Å². The number of nitrogens with zero attached hydrogens (tertiary/aromatic N) is 3. The minimum absolute atomic E-state index is 0.107. The summed E-state index contributed by atoms with van der Waals surface area (Å²) in [5.41, 5.74) is 0.957. The average Bonchev–Trinajstić information content (AvgIpc) is 3.67. The van der Waals surface area contributed by atoms with Crippen molar-refractivity contribution in [3.05, 3.63) is 40.4 Å². The molecule has 222 valence electrons. The van der Waals surface area contributed by atoms with Crippen LogP contribution in [-0.4, -0.2) is 69.1 Å². The second-order valence-corrected chi connectivity index (χ2v) is 10.4. The zero-order valence-corrected chi connectivity index (χ0v) is 24.3. The highest BCUT2D eigenvalue weighted by molar-refractivity contribution is 7.71. The lowest BCUT2D eigenvalue weighted by atomic mass is 9.95. The van der Waals surface area contributed by atoms with Crippen LogP contribution in [0.2, 0.25) is 0 Å². The molecule has 1 saturated carbocycles. The van der Waals surface area contributed by atoms with Crippen molar-refractivity contribution < 1.29 is 42.9 Å². The van der Waals surface area contributed by atoms with E-state index in [0.717, 1.165) is 18.4 Å². The van der Waals surface area contributed by atoms with Crippen molar-refractivity contribution >= 4 is 36.0 Å². The van der Waals surface area contributed by atoms with E-state index in [1.54, 1.807) is 0 Å². The van der Waals surface area contributed by atoms with Crippen molar-refractivity contribution in [3.8, 4) is 5.75 Å². The average molecular weight is 591 g/mol. The molecular weight excluding hydrogens is 556 g/mol. The first-order chi connectivity index (χ1) is 19.5. The Balaban J connectivity index is 1.77. The summed E-state index contributed by atoms with van der Waals surface area (Å²) in [6.07, 6.45) is -2.84. The number of ether oxygens (including phenoxy) is 5. The molecule has 2 aliphatic rings. The quantitative estimate of drug-likeness (QED) is 0.247. The van der Waals surface area contributed by atoms with E-state index in [9.17, 15) is 19.2 Å². The minimum Gasteiger partial charge on any atom is -0.485 e. The van der Waals surface area contributed by atoms with Gasteiger partial charge in [0, 0.05) is 33.7 Å². The SMILES string of the molecule is CC(=O)N[C@@H]1[C@@H](OC(C)=O)[C@H](OC(C)=O)[C@@H](COC(C)=O)O[C@H]1n1nc(COc2ccccc2C)n(C2CC2)c1=S. The molecule has 0 bridgehead atoms. The summed E-state index contributed by atoms with van der Waals surface area (Å²) < 4.78 is 32.3. The van der Waals surface area contributed by atoms with E-state index in [2.05, 4.69) is 5.32 Å². The number of hydrogen-bond donors (Lipinski definition) is 1. The van der Waals surface area contributed by atoms with Crippen LogP contribution in [0.3, 0.4) is 0 Å². The molecule has 2 aromatic rings. The van der Waals surface area contributed by atoms with E-state index < -0.39 is 54.4 Å². The Morgan fingerprint density at radius 3 is 2.27 bits per heavy atom. The Bertz CT molecular complexity index is 1370. The number of hydrogen-bond acceptors (Lipinski definition) is 11. The molecule has 14 heteroatoms. The highest BCUT2D eigenvalue weighted by Gasteiger charge is 2.52. The lowest BCUT2D eigenvalue weighted by Crippen LogP contribution is -2.64. The van der Waals surface area contributed by atoms with Gasteiger partial charge in [0.05, 0.1) is 0 Å². The third-order valence-corrected chi connectivity index (χ3v) is 6.98. The summed E-state index contributed by atoms with van der Waals surface area (Å²) in [7, 11) is 0. The molecule has 1 aliphatic heterocycles. The number of carbonyl (C=O) groups is 4. The Morgan fingerprint density at radius 2 is 1.68 bits per heavy atom. The maximum atomic E-state index is 12.3. The van der Waals surface area contributed by atoms with Gasteiger partial charge in [-0.2, -0.15) is 5.10 Å². The topological polar surface area (TPSA) is 149 Å². The van der Waals surface area contributed by atoms with Gasteiger partial charge in [0.2, 0.25) is 10.7 Å². The lowest BCUT2D eigenvalue weighted by molar-refractivity contribution is -0.239. The first-order valence-corrected chi connectivity index (χ1v) is 13.7. The Labute approximate surface area is 242 Å². The molecule has 1 aromatic heterocycles. The molecule has 2 heterocycles. The molecule has 1 aliphatic carbocycles. The fraction of sp³-hybridized carbons (Fsp3) is 0.556. The van der Waals surface area contributed by atoms with Gasteiger partial charge in [0.1, 0.15) is 31.1 Å². The van der Waals surface area contributed by atoms with Gasteiger partial charge >= 0.3 is 17.9 Å². The van der Waals surface area contributed by atoms with Crippen LogP contribution >= 0.6 is 12.2 Å². The van der Waals surface area contributed by atoms with Crippen LogP contribution < -0.4 is 10.1 Å². The molecule has 0 radical (unpaired) electrons. The fourth-order valence-corrected chi connectivity index (χ4v) is 5.18. The number of aryl methyl sites for hydroxylation is 1. The highest BCUT2D eigenvalue weighted by Crippen LogP contribution is 2.38. The number of aromatic nitrogens is 3. The van der Waals surface area contributed by atoms with E-state index in [-0.39, 0.29) is 19.3 Å². The van der Waals surface area contributed by atoms with Gasteiger partial charge in [-0.3, -0.25) is 23.7 Å². The van der Waals surface area contributed by atoms with Crippen molar-refractivity contribution in [1.29, 1.82) is 0 Å². The molecule has 2 fully saturated rings. The number of rotatable bonds is 10. The molecule has 1 aromatic carbocycles. The highest BCUT2D eigenvalue weighted by atomic mass is 32.1. The van der Waals surface area contributed by atoms with Crippen LogP contribution in [0, 0.1) is 11.7 Å². The number of amides is 1. The molecule has 5 atom stereocenters. The maximum absolute atomic E-state index is 12.3. The lowest BCUT2D eigenvalue weighted by Gasteiger charge is -2.45. The van der Waals surface area contributed by atoms with Crippen LogP contribution in [0.15, 0.2) is 24.3 Å². The standard InChI is InChI=1S/C27H34N4O9S/c1-14-8-6-7-9-20(14)37-13-22-29-31(27(41)30(22)19-10-11-19)26-23(28-15(2)32)25(39-18(5)35)24(38-17(4)34)21(40-26)12-36-16(3)33/h6-9,19,21,23-26H,10-13H2,1-5H3,(H,28,32)/t21-,23-,24-,25-,26-/m1/s1. The smallest absolute Gasteiger partial charge is 0.303 e. The third kappa shape index (κ3) is 7.30. The molecule has 41 heavy (non-hydrogen) atoms. The van der Waals surface area contributed by atoms with Gasteiger partial charge in [0.15, 0.2) is 24.3 Å². The second-order valence-electron chi connectivity index (χ2n) is 10.0. The summed E-state index contributed by atoms with van der Waals surface area (Å²) >= 11 is 5.84. The predicted octanol–water partition coefficient (Wildman–Crippen LogP) is 2.47. The van der Waals surface area contributed by atoms with E-state index >= 15 is 0 Å². The molecule has 4 rings (SSSR count). The number of carbonyl (C=O) groups excluding carboxylic acids is 4. The number of nitrogens with one attached hydrogen (secondary N) is 1. The first kappa shape index (κ1) is 30.2. The van der Waals surface area contributed by atoms with E-state index in [1.165, 1.54) is 32.4 Å². The van der Waals surface area contributed by atoms with E-state index in [4.69, 9.17) is 41.0 Å². The molecule has 0 spiro atoms. The predicted molar refractivity (Wildman–Crippen MR) is 144 cm³/mol. The third-order valence-electron chi connectivity index (χ3n) is 6.60. The van der Waals surface area contributed by atoms with Crippen LogP contribution in [0.25, 0.3) is 0 Å². The van der Waals surface area contributed by atoms with Crippen molar-refractivity contribution in [2.45, 2.75) is 90.7 Å². The maximum Gasteiger partial charge on any atom is 0.303 e. The van der Waals surface area contributed by atoms with Crippen LogP contribution in [-0.2, 0) is 44.7 Å². The van der Waals surface area contributed by atoms with Crippen molar-refractivity contribution in [2.24, 2.45) is 0 Å². The van der Waals surface area contributed by atoms with Gasteiger partial charge in [-0.1, -0.05) is 18.2 Å². The largest absolute Gasteiger partial charge is 0.485 e.